The molecule has 0 atom stereocenters. The maximum absolute atomic E-state index is 12.3. The van der Waals surface area contributed by atoms with Crippen LogP contribution in [0, 0.1) is 0 Å². The van der Waals surface area contributed by atoms with Crippen LogP contribution in [-0.2, 0) is 0 Å². The molecule has 0 unspecified atom stereocenters. The Morgan fingerprint density at radius 2 is 1.76 bits per heavy atom. The molecular formula is C19H26N4O2. The molecule has 0 saturated heterocycles. The number of fused-ring (bicyclic) bond motifs is 1. The molecular weight excluding hydrogens is 316 g/mol. The number of imide groups is 1. The van der Waals surface area contributed by atoms with E-state index >= 15 is 0 Å². The lowest BCUT2D eigenvalue weighted by Gasteiger charge is -2.17. The van der Waals surface area contributed by atoms with E-state index in [1.165, 1.54) is 30.6 Å². The van der Waals surface area contributed by atoms with Crippen LogP contribution in [0.25, 0.3) is 0 Å². The third-order valence-corrected chi connectivity index (χ3v) is 4.90. The van der Waals surface area contributed by atoms with Gasteiger partial charge in [0, 0.05) is 26.2 Å². The lowest BCUT2D eigenvalue weighted by Crippen LogP contribution is -2.42. The first-order chi connectivity index (χ1) is 12.2. The van der Waals surface area contributed by atoms with Gasteiger partial charge < -0.3 is 10.6 Å². The predicted molar refractivity (Wildman–Crippen MR) is 97.8 cm³/mol. The lowest BCUT2D eigenvalue weighted by atomic mass is 10.1. The summed E-state index contributed by atoms with van der Waals surface area (Å²) in [6, 6.07) is 7.55. The smallest absolute Gasteiger partial charge is 0.261 e. The van der Waals surface area contributed by atoms with Crippen molar-refractivity contribution in [1.29, 1.82) is 0 Å². The Balaban J connectivity index is 1.39. The first-order valence-electron chi connectivity index (χ1n) is 9.13. The van der Waals surface area contributed by atoms with Gasteiger partial charge in [0.15, 0.2) is 5.96 Å². The van der Waals surface area contributed by atoms with E-state index in [9.17, 15) is 9.59 Å². The van der Waals surface area contributed by atoms with Crippen molar-refractivity contribution in [2.24, 2.45) is 4.99 Å². The van der Waals surface area contributed by atoms with Crippen LogP contribution in [0.2, 0.25) is 0 Å². The second-order valence-electron chi connectivity index (χ2n) is 6.64. The summed E-state index contributed by atoms with van der Waals surface area (Å²) in [5.74, 6) is 0.493. The summed E-state index contributed by atoms with van der Waals surface area (Å²) >= 11 is 0. The SMILES string of the molecule is CN=C(NCCCCN1C(=O)c2ccccc2C1=O)NC1CCCC1. The number of hydrogen-bond donors (Lipinski definition) is 2. The molecule has 2 amide bonds. The number of nitrogens with one attached hydrogen (secondary N) is 2. The Morgan fingerprint density at radius 3 is 2.36 bits per heavy atom. The summed E-state index contributed by atoms with van der Waals surface area (Å²) in [6.45, 7) is 1.23. The average Bonchev–Trinajstić information content (AvgIpc) is 3.23. The number of benzene rings is 1. The van der Waals surface area contributed by atoms with Crippen molar-refractivity contribution in [2.45, 2.75) is 44.6 Å². The van der Waals surface area contributed by atoms with E-state index in [-0.39, 0.29) is 11.8 Å². The summed E-state index contributed by atoms with van der Waals surface area (Å²) < 4.78 is 0. The molecule has 1 aliphatic carbocycles. The van der Waals surface area contributed by atoms with E-state index in [4.69, 9.17) is 0 Å². The number of nitrogens with zero attached hydrogens (tertiary/aromatic N) is 2. The zero-order valence-corrected chi connectivity index (χ0v) is 14.8. The summed E-state index contributed by atoms with van der Waals surface area (Å²) in [7, 11) is 1.78. The molecule has 3 rings (SSSR count). The van der Waals surface area contributed by atoms with Crippen LogP contribution >= 0.6 is 0 Å². The molecule has 6 heteroatoms. The molecule has 0 aromatic heterocycles. The van der Waals surface area contributed by atoms with Crippen molar-refractivity contribution in [3.05, 3.63) is 35.4 Å². The summed E-state index contributed by atoms with van der Waals surface area (Å²) in [5.41, 5.74) is 1.04. The second-order valence-corrected chi connectivity index (χ2v) is 6.64. The van der Waals surface area contributed by atoms with Crippen molar-refractivity contribution >= 4 is 17.8 Å². The molecule has 6 nitrogen and oxygen atoms in total. The van der Waals surface area contributed by atoms with E-state index in [2.05, 4.69) is 15.6 Å². The molecule has 1 fully saturated rings. The van der Waals surface area contributed by atoms with Crippen LogP contribution in [0.3, 0.4) is 0 Å². The third-order valence-electron chi connectivity index (χ3n) is 4.90. The van der Waals surface area contributed by atoms with Gasteiger partial charge in [-0.3, -0.25) is 19.5 Å². The molecule has 134 valence electrons. The highest BCUT2D eigenvalue weighted by atomic mass is 16.2. The molecule has 1 saturated carbocycles. The van der Waals surface area contributed by atoms with E-state index in [1.807, 2.05) is 0 Å². The van der Waals surface area contributed by atoms with Gasteiger partial charge in [0.1, 0.15) is 0 Å². The minimum atomic E-state index is -0.174. The van der Waals surface area contributed by atoms with Crippen LogP contribution in [0.1, 0.15) is 59.2 Å². The number of carbonyl (C=O) groups is 2. The highest BCUT2D eigenvalue weighted by Gasteiger charge is 2.34. The molecule has 1 aromatic carbocycles. The number of amides is 2. The fraction of sp³-hybridized carbons (Fsp3) is 0.526. The van der Waals surface area contributed by atoms with E-state index in [1.54, 1.807) is 31.3 Å². The highest BCUT2D eigenvalue weighted by Crippen LogP contribution is 2.22. The lowest BCUT2D eigenvalue weighted by molar-refractivity contribution is 0.0652. The van der Waals surface area contributed by atoms with Gasteiger partial charge in [-0.1, -0.05) is 25.0 Å². The van der Waals surface area contributed by atoms with Gasteiger partial charge in [-0.25, -0.2) is 0 Å². The normalized spacial score (nSPS) is 18.0. The Hall–Kier alpha value is -2.37. The molecule has 0 spiro atoms. The predicted octanol–water partition coefficient (Wildman–Crippen LogP) is 2.17. The molecule has 1 heterocycles. The molecule has 25 heavy (non-hydrogen) atoms. The highest BCUT2D eigenvalue weighted by molar-refractivity contribution is 6.21. The fourth-order valence-electron chi connectivity index (χ4n) is 3.50. The van der Waals surface area contributed by atoms with Crippen LogP contribution in [0.15, 0.2) is 29.3 Å². The largest absolute Gasteiger partial charge is 0.356 e. The molecule has 2 N–H and O–H groups in total. The minimum absolute atomic E-state index is 0.174. The zero-order valence-electron chi connectivity index (χ0n) is 14.8. The topological polar surface area (TPSA) is 73.8 Å². The molecule has 2 aliphatic rings. The van der Waals surface area contributed by atoms with E-state index in [0.29, 0.717) is 23.7 Å². The first-order valence-corrected chi connectivity index (χ1v) is 9.13. The Bertz CT molecular complexity index is 630. The summed E-state index contributed by atoms with van der Waals surface area (Å²) in [6.07, 6.45) is 6.64. The van der Waals surface area contributed by atoms with Crippen molar-refractivity contribution in [3.8, 4) is 0 Å². The number of carbonyl (C=O) groups excluding carboxylic acids is 2. The fourth-order valence-corrected chi connectivity index (χ4v) is 3.50. The van der Waals surface area contributed by atoms with Gasteiger partial charge in [-0.2, -0.15) is 0 Å². The van der Waals surface area contributed by atoms with Gasteiger partial charge in [0.05, 0.1) is 11.1 Å². The molecule has 0 radical (unpaired) electrons. The van der Waals surface area contributed by atoms with Crippen molar-refractivity contribution < 1.29 is 9.59 Å². The van der Waals surface area contributed by atoms with Crippen LogP contribution in [0.4, 0.5) is 0 Å². The number of guanidine groups is 1. The van der Waals surface area contributed by atoms with Gasteiger partial charge in [-0.05, 0) is 37.8 Å². The summed E-state index contributed by atoms with van der Waals surface area (Å²) in [4.78, 5) is 30.2. The van der Waals surface area contributed by atoms with Crippen LogP contribution < -0.4 is 10.6 Å². The summed E-state index contributed by atoms with van der Waals surface area (Å²) in [5, 5.41) is 6.76. The van der Waals surface area contributed by atoms with Gasteiger partial charge in [-0.15, -0.1) is 0 Å². The van der Waals surface area contributed by atoms with Crippen LogP contribution in [-0.4, -0.2) is 48.9 Å². The van der Waals surface area contributed by atoms with Crippen LogP contribution in [0.5, 0.6) is 0 Å². The van der Waals surface area contributed by atoms with Gasteiger partial charge in [0.2, 0.25) is 0 Å². The first kappa shape index (κ1) is 17.5. The number of hydrogen-bond acceptors (Lipinski definition) is 3. The van der Waals surface area contributed by atoms with Crippen molar-refractivity contribution in [2.75, 3.05) is 20.1 Å². The molecule has 1 aromatic rings. The Kier molecular flexibility index (Phi) is 5.68. The minimum Gasteiger partial charge on any atom is -0.356 e. The zero-order chi connectivity index (χ0) is 17.6. The Morgan fingerprint density at radius 1 is 1.12 bits per heavy atom. The number of unbranched alkanes of at least 4 members (excludes halogenated alkanes) is 1. The van der Waals surface area contributed by atoms with Crippen molar-refractivity contribution in [3.63, 3.8) is 0 Å². The van der Waals surface area contributed by atoms with Crippen molar-refractivity contribution in [1.82, 2.24) is 15.5 Å². The maximum atomic E-state index is 12.3. The maximum Gasteiger partial charge on any atom is 0.261 e. The third kappa shape index (κ3) is 4.00. The number of aliphatic imine (C=N–C) groups is 1. The molecule has 0 bridgehead atoms. The van der Waals surface area contributed by atoms with E-state index < -0.39 is 0 Å². The molecule has 1 aliphatic heterocycles. The van der Waals surface area contributed by atoms with Gasteiger partial charge in [0.25, 0.3) is 11.8 Å². The quantitative estimate of drug-likeness (QED) is 0.360. The standard InChI is InChI=1S/C19H26N4O2/c1-20-19(22-14-8-2-3-9-14)21-12-6-7-13-23-17(24)15-10-4-5-11-16(15)18(23)25/h4-5,10-11,14H,2-3,6-9,12-13H2,1H3,(H2,20,21,22). The van der Waals surface area contributed by atoms with E-state index in [0.717, 1.165) is 25.3 Å². The van der Waals surface area contributed by atoms with Gasteiger partial charge >= 0.3 is 0 Å². The Labute approximate surface area is 148 Å². The monoisotopic (exact) mass is 342 g/mol. The second kappa shape index (κ2) is 8.14. The average molecular weight is 342 g/mol. The number of rotatable bonds is 6.